The number of aromatic nitrogens is 2. The molecule has 2 aromatic rings. The summed E-state index contributed by atoms with van der Waals surface area (Å²) in [6.45, 7) is 5.11. The van der Waals surface area contributed by atoms with Crippen LogP contribution in [0.1, 0.15) is 25.1 Å². The van der Waals surface area contributed by atoms with Crippen LogP contribution < -0.4 is 16.4 Å². The summed E-state index contributed by atoms with van der Waals surface area (Å²) in [6.07, 6.45) is 4.02. The normalized spacial score (nSPS) is 11.1. The predicted molar refractivity (Wildman–Crippen MR) is 115 cm³/mol. The lowest BCUT2D eigenvalue weighted by Crippen LogP contribution is -2.45. The van der Waals surface area contributed by atoms with E-state index in [1.54, 1.807) is 6.33 Å². The number of carbonyl (C=O) groups is 2. The monoisotopic (exact) mass is 429 g/mol. The Morgan fingerprint density at radius 3 is 2.29 bits per heavy atom. The molecular weight excluding hydrogens is 401 g/mol. The second kappa shape index (κ2) is 13.1. The van der Waals surface area contributed by atoms with Crippen molar-refractivity contribution in [1.29, 1.82) is 0 Å². The summed E-state index contributed by atoms with van der Waals surface area (Å²) >= 11 is 0. The van der Waals surface area contributed by atoms with Gasteiger partial charge in [-0.25, -0.2) is 4.98 Å². The molecule has 0 aliphatic heterocycles. The average molecular weight is 430 g/mol. The first-order chi connectivity index (χ1) is 12.5. The molecule has 156 valence electrons. The van der Waals surface area contributed by atoms with Crippen LogP contribution in [-0.2, 0) is 22.6 Å². The molecule has 0 radical (unpaired) electrons. The Morgan fingerprint density at radius 1 is 1.07 bits per heavy atom. The lowest BCUT2D eigenvalue weighted by Gasteiger charge is -2.12. The molecule has 1 heterocycles. The summed E-state index contributed by atoms with van der Waals surface area (Å²) in [6, 6.07) is 9.41. The lowest BCUT2D eigenvalue weighted by atomic mass is 10.1. The van der Waals surface area contributed by atoms with Crippen molar-refractivity contribution in [3.05, 3.63) is 54.1 Å². The van der Waals surface area contributed by atoms with Crippen LogP contribution >= 0.6 is 24.8 Å². The number of rotatable bonds is 9. The summed E-state index contributed by atoms with van der Waals surface area (Å²) in [4.78, 5) is 27.8. The van der Waals surface area contributed by atoms with Crippen LogP contribution in [0.3, 0.4) is 0 Å². The number of amides is 2. The largest absolute Gasteiger partial charge is 0.354 e. The fourth-order valence-electron chi connectivity index (χ4n) is 2.42. The van der Waals surface area contributed by atoms with Crippen molar-refractivity contribution in [2.75, 3.05) is 13.1 Å². The minimum Gasteiger partial charge on any atom is -0.354 e. The van der Waals surface area contributed by atoms with E-state index in [0.717, 1.165) is 12.2 Å². The van der Waals surface area contributed by atoms with Crippen LogP contribution in [0.4, 0.5) is 0 Å². The van der Waals surface area contributed by atoms with Crippen molar-refractivity contribution >= 4 is 36.6 Å². The Kier molecular flexibility index (Phi) is 12.2. The van der Waals surface area contributed by atoms with Crippen LogP contribution in [0, 0.1) is 5.92 Å². The zero-order valence-corrected chi connectivity index (χ0v) is 17.8. The minimum atomic E-state index is -0.670. The van der Waals surface area contributed by atoms with Gasteiger partial charge in [0.05, 0.1) is 18.1 Å². The van der Waals surface area contributed by atoms with E-state index in [0.29, 0.717) is 19.5 Å². The molecule has 0 aliphatic carbocycles. The maximum absolute atomic E-state index is 12.0. The standard InChI is InChI=1S/C19H27N5O2.2ClH/c1-14(2)18(25)21-8-9-22-19(26)17(20)10-16-12-24(13-23-16)11-15-6-4-3-5-7-15;;/h3-7,12-14,17H,8-11,20H2,1-2H3,(H,21,25)(H,22,26);2*1H/t17-;;/m0../s1. The molecule has 1 aromatic heterocycles. The molecule has 0 spiro atoms. The van der Waals surface area contributed by atoms with Gasteiger partial charge in [-0.3, -0.25) is 9.59 Å². The number of benzene rings is 1. The Hall–Kier alpha value is -2.09. The zero-order chi connectivity index (χ0) is 18.9. The minimum absolute atomic E-state index is 0. The first-order valence-electron chi connectivity index (χ1n) is 8.81. The second-order valence-corrected chi connectivity index (χ2v) is 6.57. The molecule has 0 bridgehead atoms. The molecule has 7 nitrogen and oxygen atoms in total. The van der Waals surface area contributed by atoms with Crippen LogP contribution in [0.25, 0.3) is 0 Å². The second-order valence-electron chi connectivity index (χ2n) is 6.57. The highest BCUT2D eigenvalue weighted by Crippen LogP contribution is 2.05. The molecule has 9 heteroatoms. The molecule has 0 unspecified atom stereocenters. The molecule has 2 rings (SSSR count). The van der Waals surface area contributed by atoms with Crippen LogP contribution in [0.15, 0.2) is 42.9 Å². The smallest absolute Gasteiger partial charge is 0.237 e. The van der Waals surface area contributed by atoms with Gasteiger partial charge >= 0.3 is 0 Å². The third-order valence-electron chi connectivity index (χ3n) is 3.91. The zero-order valence-electron chi connectivity index (χ0n) is 16.1. The first-order valence-corrected chi connectivity index (χ1v) is 8.81. The van der Waals surface area contributed by atoms with E-state index in [9.17, 15) is 9.59 Å². The van der Waals surface area contributed by atoms with E-state index in [1.807, 2.05) is 42.8 Å². The molecular formula is C19H29Cl2N5O2. The fraction of sp³-hybridized carbons (Fsp3) is 0.421. The summed E-state index contributed by atoms with van der Waals surface area (Å²) < 4.78 is 1.97. The van der Waals surface area contributed by atoms with Crippen molar-refractivity contribution in [1.82, 2.24) is 20.2 Å². The highest BCUT2D eigenvalue weighted by molar-refractivity contribution is 5.85. The van der Waals surface area contributed by atoms with Gasteiger partial charge in [0.2, 0.25) is 11.8 Å². The van der Waals surface area contributed by atoms with Gasteiger partial charge in [-0.1, -0.05) is 44.2 Å². The summed E-state index contributed by atoms with van der Waals surface area (Å²) in [5.74, 6) is -0.354. The number of nitrogens with one attached hydrogen (secondary N) is 2. The van der Waals surface area contributed by atoms with Crippen molar-refractivity contribution in [3.63, 3.8) is 0 Å². The van der Waals surface area contributed by atoms with E-state index in [-0.39, 0.29) is 42.5 Å². The maximum atomic E-state index is 12.0. The fourth-order valence-corrected chi connectivity index (χ4v) is 2.42. The van der Waals surface area contributed by atoms with E-state index in [1.165, 1.54) is 5.56 Å². The predicted octanol–water partition coefficient (Wildman–Crippen LogP) is 1.53. The number of hydrogen-bond acceptors (Lipinski definition) is 4. The number of imidazole rings is 1. The third kappa shape index (κ3) is 8.73. The Morgan fingerprint density at radius 2 is 1.68 bits per heavy atom. The van der Waals surface area contributed by atoms with Gasteiger partial charge in [-0.05, 0) is 5.56 Å². The van der Waals surface area contributed by atoms with Crippen LogP contribution in [-0.4, -0.2) is 40.5 Å². The third-order valence-corrected chi connectivity index (χ3v) is 3.91. The summed E-state index contributed by atoms with van der Waals surface area (Å²) in [5.41, 5.74) is 7.91. The number of nitrogens with two attached hydrogens (primary N) is 1. The Balaban J connectivity index is 0.00000364. The number of halogens is 2. The number of nitrogens with zero attached hydrogens (tertiary/aromatic N) is 2. The molecule has 0 aliphatic rings. The summed E-state index contributed by atoms with van der Waals surface area (Å²) in [5, 5.41) is 5.47. The first kappa shape index (κ1) is 25.9. The van der Waals surface area contributed by atoms with E-state index >= 15 is 0 Å². The highest BCUT2D eigenvalue weighted by Gasteiger charge is 2.15. The van der Waals surface area contributed by atoms with E-state index in [2.05, 4.69) is 27.8 Å². The number of carbonyl (C=O) groups excluding carboxylic acids is 2. The molecule has 28 heavy (non-hydrogen) atoms. The van der Waals surface area contributed by atoms with E-state index in [4.69, 9.17) is 5.73 Å². The van der Waals surface area contributed by atoms with Gasteiger partial charge in [0, 0.05) is 38.2 Å². The van der Waals surface area contributed by atoms with Crippen molar-refractivity contribution in [2.45, 2.75) is 32.9 Å². The topological polar surface area (TPSA) is 102 Å². The van der Waals surface area contributed by atoms with Crippen molar-refractivity contribution in [2.24, 2.45) is 11.7 Å². The van der Waals surface area contributed by atoms with Crippen molar-refractivity contribution < 1.29 is 9.59 Å². The van der Waals surface area contributed by atoms with Gasteiger partial charge in [0.25, 0.3) is 0 Å². The van der Waals surface area contributed by atoms with Gasteiger partial charge in [-0.15, -0.1) is 24.8 Å². The molecule has 0 saturated carbocycles. The number of hydrogen-bond donors (Lipinski definition) is 3. The Bertz CT molecular complexity index is 722. The van der Waals surface area contributed by atoms with Gasteiger partial charge < -0.3 is 20.9 Å². The van der Waals surface area contributed by atoms with Crippen molar-refractivity contribution in [3.8, 4) is 0 Å². The quantitative estimate of drug-likeness (QED) is 0.525. The van der Waals surface area contributed by atoms with Gasteiger partial charge in [-0.2, -0.15) is 0 Å². The molecule has 1 aromatic carbocycles. The molecule has 0 fully saturated rings. The lowest BCUT2D eigenvalue weighted by molar-refractivity contribution is -0.125. The highest BCUT2D eigenvalue weighted by atomic mass is 35.5. The van der Waals surface area contributed by atoms with Crippen LogP contribution in [0.2, 0.25) is 0 Å². The molecule has 4 N–H and O–H groups in total. The summed E-state index contributed by atoms with van der Waals surface area (Å²) in [7, 11) is 0. The van der Waals surface area contributed by atoms with E-state index < -0.39 is 6.04 Å². The van der Waals surface area contributed by atoms with Gasteiger partial charge in [0.1, 0.15) is 0 Å². The average Bonchev–Trinajstić information content (AvgIpc) is 3.05. The Labute approximate surface area is 178 Å². The molecule has 1 atom stereocenters. The van der Waals surface area contributed by atoms with Crippen LogP contribution in [0.5, 0.6) is 0 Å². The van der Waals surface area contributed by atoms with Gasteiger partial charge in [0.15, 0.2) is 0 Å². The maximum Gasteiger partial charge on any atom is 0.237 e. The SMILES string of the molecule is CC(C)C(=O)NCCNC(=O)[C@@H](N)Cc1cn(Cc2ccccc2)cn1.Cl.Cl. The molecule has 0 saturated heterocycles. The molecule has 2 amide bonds.